The molecule has 0 radical (unpaired) electrons. The topological polar surface area (TPSA) is 24.9 Å². The first kappa shape index (κ1) is 11.7. The van der Waals surface area contributed by atoms with Gasteiger partial charge >= 0.3 is 0 Å². The summed E-state index contributed by atoms with van der Waals surface area (Å²) in [5, 5.41) is 2.93. The van der Waals surface area contributed by atoms with E-state index in [4.69, 9.17) is 0 Å². The average Bonchev–Trinajstić information content (AvgIpc) is 2.37. The Morgan fingerprint density at radius 2 is 1.94 bits per heavy atom. The molecule has 2 aromatic rings. The van der Waals surface area contributed by atoms with Crippen molar-refractivity contribution in [1.29, 1.82) is 0 Å². The van der Waals surface area contributed by atoms with Crippen LogP contribution < -0.4 is 5.32 Å². The number of halogens is 2. The van der Waals surface area contributed by atoms with Crippen molar-refractivity contribution in [2.45, 2.75) is 6.04 Å². The molecule has 0 saturated heterocycles. The molecule has 0 spiro atoms. The maximum Gasteiger partial charge on any atom is 0.163 e. The number of benzene rings is 1. The quantitative estimate of drug-likeness (QED) is 0.883. The van der Waals surface area contributed by atoms with Gasteiger partial charge in [0, 0.05) is 11.8 Å². The van der Waals surface area contributed by atoms with Gasteiger partial charge in [-0.3, -0.25) is 4.98 Å². The monoisotopic (exact) mass is 234 g/mol. The lowest BCUT2D eigenvalue weighted by Gasteiger charge is -2.16. The summed E-state index contributed by atoms with van der Waals surface area (Å²) in [6.45, 7) is 0. The van der Waals surface area contributed by atoms with Crippen LogP contribution in [0, 0.1) is 11.6 Å². The number of hydrogen-bond acceptors (Lipinski definition) is 2. The minimum absolute atomic E-state index is 0.256. The van der Waals surface area contributed by atoms with E-state index in [1.54, 1.807) is 31.4 Å². The summed E-state index contributed by atoms with van der Waals surface area (Å²) in [5.74, 6) is -1.68. The Morgan fingerprint density at radius 1 is 1.12 bits per heavy atom. The SMILES string of the molecule is CNC(c1ccccn1)c1cccc(F)c1F. The molecular formula is C13H12F2N2. The number of hydrogen-bond donors (Lipinski definition) is 1. The molecule has 17 heavy (non-hydrogen) atoms. The Kier molecular flexibility index (Phi) is 3.44. The van der Waals surface area contributed by atoms with Gasteiger partial charge in [0.2, 0.25) is 0 Å². The zero-order chi connectivity index (χ0) is 12.3. The highest BCUT2D eigenvalue weighted by molar-refractivity contribution is 5.29. The van der Waals surface area contributed by atoms with E-state index in [2.05, 4.69) is 10.3 Å². The Morgan fingerprint density at radius 3 is 2.59 bits per heavy atom. The van der Waals surface area contributed by atoms with Crippen LogP contribution in [-0.4, -0.2) is 12.0 Å². The van der Waals surface area contributed by atoms with Crippen molar-refractivity contribution in [3.8, 4) is 0 Å². The van der Waals surface area contributed by atoms with Gasteiger partial charge in [-0.25, -0.2) is 8.78 Å². The van der Waals surface area contributed by atoms with E-state index in [1.165, 1.54) is 6.07 Å². The first-order chi connectivity index (χ1) is 8.24. The van der Waals surface area contributed by atoms with E-state index < -0.39 is 17.7 Å². The van der Waals surface area contributed by atoms with Crippen LogP contribution in [0.2, 0.25) is 0 Å². The molecule has 2 rings (SSSR count). The Hall–Kier alpha value is -1.81. The maximum atomic E-state index is 13.7. The van der Waals surface area contributed by atoms with Crippen molar-refractivity contribution in [3.05, 3.63) is 65.5 Å². The largest absolute Gasteiger partial charge is 0.308 e. The third-order valence-corrected chi connectivity index (χ3v) is 2.56. The Labute approximate surface area is 98.3 Å². The molecule has 0 aliphatic heterocycles. The van der Waals surface area contributed by atoms with Crippen molar-refractivity contribution in [2.75, 3.05) is 7.05 Å². The fraction of sp³-hybridized carbons (Fsp3) is 0.154. The molecule has 0 aliphatic rings. The smallest absolute Gasteiger partial charge is 0.163 e. The third kappa shape index (κ3) is 2.31. The molecule has 88 valence electrons. The van der Waals surface area contributed by atoms with Crippen molar-refractivity contribution in [2.24, 2.45) is 0 Å². The molecule has 4 heteroatoms. The molecule has 0 aliphatic carbocycles. The molecule has 1 aromatic carbocycles. The fourth-order valence-corrected chi connectivity index (χ4v) is 1.75. The maximum absolute atomic E-state index is 13.7. The van der Waals surface area contributed by atoms with Gasteiger partial charge in [0.1, 0.15) is 0 Å². The van der Waals surface area contributed by atoms with Crippen molar-refractivity contribution >= 4 is 0 Å². The molecular weight excluding hydrogens is 222 g/mol. The average molecular weight is 234 g/mol. The van der Waals surface area contributed by atoms with Gasteiger partial charge in [0.25, 0.3) is 0 Å². The summed E-state index contributed by atoms with van der Waals surface area (Å²) >= 11 is 0. The molecule has 1 N–H and O–H groups in total. The molecule has 1 unspecified atom stereocenters. The number of nitrogens with zero attached hydrogens (tertiary/aromatic N) is 1. The van der Waals surface area contributed by atoms with Crippen LogP contribution in [0.4, 0.5) is 8.78 Å². The van der Waals surface area contributed by atoms with Gasteiger partial charge < -0.3 is 5.32 Å². The minimum atomic E-state index is -0.848. The van der Waals surface area contributed by atoms with Crippen LogP contribution in [0.5, 0.6) is 0 Å². The fourth-order valence-electron chi connectivity index (χ4n) is 1.75. The first-order valence-electron chi connectivity index (χ1n) is 5.26. The van der Waals surface area contributed by atoms with E-state index in [1.807, 2.05) is 6.07 Å². The summed E-state index contributed by atoms with van der Waals surface area (Å²) in [4.78, 5) is 4.15. The van der Waals surface area contributed by atoms with Gasteiger partial charge in [0.15, 0.2) is 11.6 Å². The second-order valence-electron chi connectivity index (χ2n) is 3.62. The zero-order valence-electron chi connectivity index (χ0n) is 9.32. The second kappa shape index (κ2) is 5.01. The zero-order valence-corrected chi connectivity index (χ0v) is 9.32. The second-order valence-corrected chi connectivity index (χ2v) is 3.62. The summed E-state index contributed by atoms with van der Waals surface area (Å²) < 4.78 is 26.9. The highest BCUT2D eigenvalue weighted by Gasteiger charge is 2.18. The van der Waals surface area contributed by atoms with Gasteiger partial charge in [-0.15, -0.1) is 0 Å². The Bertz CT molecular complexity index is 500. The highest BCUT2D eigenvalue weighted by Crippen LogP contribution is 2.23. The predicted octanol–water partition coefficient (Wildman–Crippen LogP) is 2.67. The van der Waals surface area contributed by atoms with Crippen LogP contribution in [-0.2, 0) is 0 Å². The van der Waals surface area contributed by atoms with Crippen molar-refractivity contribution in [1.82, 2.24) is 10.3 Å². The normalized spacial score (nSPS) is 12.4. The van der Waals surface area contributed by atoms with Gasteiger partial charge in [0.05, 0.1) is 11.7 Å². The van der Waals surface area contributed by atoms with Crippen molar-refractivity contribution in [3.63, 3.8) is 0 Å². The number of aromatic nitrogens is 1. The van der Waals surface area contributed by atoms with Crippen LogP contribution in [0.25, 0.3) is 0 Å². The molecule has 0 bridgehead atoms. The van der Waals surface area contributed by atoms with Gasteiger partial charge in [-0.05, 0) is 25.2 Å². The van der Waals surface area contributed by atoms with E-state index >= 15 is 0 Å². The lowest BCUT2D eigenvalue weighted by atomic mass is 10.0. The predicted molar refractivity (Wildman–Crippen MR) is 61.5 cm³/mol. The molecule has 1 heterocycles. The van der Waals surface area contributed by atoms with Gasteiger partial charge in [-0.2, -0.15) is 0 Å². The highest BCUT2D eigenvalue weighted by atomic mass is 19.2. The minimum Gasteiger partial charge on any atom is -0.308 e. The number of rotatable bonds is 3. The van der Waals surface area contributed by atoms with Crippen molar-refractivity contribution < 1.29 is 8.78 Å². The van der Waals surface area contributed by atoms with E-state index in [0.717, 1.165) is 6.07 Å². The molecule has 1 atom stereocenters. The summed E-state index contributed by atoms with van der Waals surface area (Å²) in [6.07, 6.45) is 1.62. The molecule has 0 saturated carbocycles. The lowest BCUT2D eigenvalue weighted by Crippen LogP contribution is -2.20. The summed E-state index contributed by atoms with van der Waals surface area (Å²) in [6, 6.07) is 9.04. The van der Waals surface area contributed by atoms with E-state index in [0.29, 0.717) is 5.69 Å². The lowest BCUT2D eigenvalue weighted by molar-refractivity contribution is 0.485. The van der Waals surface area contributed by atoms with Crippen LogP contribution in [0.3, 0.4) is 0 Å². The summed E-state index contributed by atoms with van der Waals surface area (Å²) in [5.41, 5.74) is 0.908. The molecule has 1 aromatic heterocycles. The molecule has 0 amide bonds. The van der Waals surface area contributed by atoms with E-state index in [-0.39, 0.29) is 5.56 Å². The molecule has 2 nitrogen and oxygen atoms in total. The third-order valence-electron chi connectivity index (χ3n) is 2.56. The standard InChI is InChI=1S/C13H12F2N2/c1-16-13(11-7-2-3-8-17-11)9-5-4-6-10(14)12(9)15/h2-8,13,16H,1H3. The molecule has 0 fully saturated rings. The number of pyridine rings is 1. The summed E-state index contributed by atoms with van der Waals surface area (Å²) in [7, 11) is 1.68. The van der Waals surface area contributed by atoms with Crippen LogP contribution in [0.15, 0.2) is 42.6 Å². The van der Waals surface area contributed by atoms with Crippen LogP contribution in [0.1, 0.15) is 17.3 Å². The van der Waals surface area contributed by atoms with Gasteiger partial charge in [-0.1, -0.05) is 18.2 Å². The Balaban J connectivity index is 2.46. The number of nitrogens with one attached hydrogen (secondary N) is 1. The van der Waals surface area contributed by atoms with E-state index in [9.17, 15) is 8.78 Å². The van der Waals surface area contributed by atoms with Crippen LogP contribution >= 0.6 is 0 Å². The first-order valence-corrected chi connectivity index (χ1v) is 5.26.